The van der Waals surface area contributed by atoms with Gasteiger partial charge in [0.1, 0.15) is 25.9 Å². The zero-order valence-electron chi connectivity index (χ0n) is 26.8. The SMILES string of the molecule is BC1(O)CC[C@](C)(C(=O)OC)C(C(=O)N2CCc3c(Cl)ccc(OC/C(N)=C(\C(F)F)N(C)N)c3C2CN2CC3(CC3)CC2=O)C1. The molecule has 4 atom stereocenters. The number of nitrogens with two attached hydrogens (primary N) is 2. The van der Waals surface area contributed by atoms with Crippen molar-refractivity contribution in [1.29, 1.82) is 0 Å². The largest absolute Gasteiger partial charge is 0.487 e. The van der Waals surface area contributed by atoms with Gasteiger partial charge >= 0.3 is 5.97 Å². The second kappa shape index (κ2) is 12.5. The molecule has 1 spiro atoms. The van der Waals surface area contributed by atoms with Gasteiger partial charge in [-0.05, 0) is 68.6 Å². The van der Waals surface area contributed by atoms with Crippen LogP contribution in [0.2, 0.25) is 5.02 Å². The summed E-state index contributed by atoms with van der Waals surface area (Å²) >= 11 is 6.71. The van der Waals surface area contributed by atoms with Crippen LogP contribution < -0.4 is 16.3 Å². The first-order valence-electron chi connectivity index (χ1n) is 15.6. The number of methoxy groups -OCH3 is 1. The lowest BCUT2D eigenvalue weighted by atomic mass is 9.57. The molecule has 2 saturated carbocycles. The van der Waals surface area contributed by atoms with Crippen LogP contribution in [0.4, 0.5) is 8.78 Å². The number of esters is 1. The standard InChI is InChI=1S/C31H43BClF2N5O6/c1-29(28(43)45-3)7-10-31(32,44)12-18(29)27(42)40-11-6-17-19(33)4-5-22(46-15-20(36)25(26(34)35)38(2)37)24(17)21(40)14-39-16-30(8-9-30)13-23(39)41/h4-5,18,21,26,44H,6-16,32,36-37H2,1-3H3/b25-20-/t18?,21?,29-,31?/m0/s1. The van der Waals surface area contributed by atoms with E-state index in [2.05, 4.69) is 0 Å². The van der Waals surface area contributed by atoms with Gasteiger partial charge in [0.15, 0.2) is 0 Å². The zero-order chi connectivity index (χ0) is 33.8. The number of ether oxygens (including phenoxy) is 2. The maximum atomic E-state index is 14.7. The van der Waals surface area contributed by atoms with E-state index in [1.54, 1.807) is 36.7 Å². The molecular formula is C31H43BClF2N5O6. The van der Waals surface area contributed by atoms with Crippen molar-refractivity contribution >= 4 is 37.2 Å². The van der Waals surface area contributed by atoms with E-state index in [4.69, 9.17) is 32.7 Å². The quantitative estimate of drug-likeness (QED) is 0.155. The van der Waals surface area contributed by atoms with Gasteiger partial charge in [0, 0.05) is 49.2 Å². The number of rotatable bonds is 9. The highest BCUT2D eigenvalue weighted by atomic mass is 35.5. The summed E-state index contributed by atoms with van der Waals surface area (Å²) in [6.07, 6.45) is 0.370. The van der Waals surface area contributed by atoms with Crippen LogP contribution >= 0.6 is 11.6 Å². The molecule has 11 nitrogen and oxygen atoms in total. The fourth-order valence-electron chi connectivity index (χ4n) is 7.49. The van der Waals surface area contributed by atoms with Crippen molar-refractivity contribution in [2.75, 3.05) is 40.4 Å². The molecule has 0 radical (unpaired) electrons. The summed E-state index contributed by atoms with van der Waals surface area (Å²) in [6, 6.07) is 2.50. The predicted molar refractivity (Wildman–Crippen MR) is 168 cm³/mol. The minimum Gasteiger partial charge on any atom is -0.487 e. The van der Waals surface area contributed by atoms with E-state index in [9.17, 15) is 28.3 Å². The number of hydrogen-bond acceptors (Lipinski definition) is 9. The van der Waals surface area contributed by atoms with Crippen molar-refractivity contribution < 1.29 is 37.7 Å². The third-order valence-electron chi connectivity index (χ3n) is 10.5. The van der Waals surface area contributed by atoms with Crippen molar-refractivity contribution in [2.45, 2.75) is 69.8 Å². The lowest BCUT2D eigenvalue weighted by Gasteiger charge is -2.48. The third-order valence-corrected chi connectivity index (χ3v) is 10.8. The summed E-state index contributed by atoms with van der Waals surface area (Å²) < 4.78 is 38.6. The molecule has 15 heteroatoms. The average molecular weight is 666 g/mol. The van der Waals surface area contributed by atoms with Crippen LogP contribution in [0.3, 0.4) is 0 Å². The van der Waals surface area contributed by atoms with E-state index in [1.807, 2.05) is 0 Å². The van der Waals surface area contributed by atoms with Gasteiger partial charge in [0.25, 0.3) is 6.43 Å². The predicted octanol–water partition coefficient (Wildman–Crippen LogP) is 1.70. The molecule has 1 aromatic rings. The number of carbonyl (C=O) groups excluding carboxylic acids is 3. The first kappa shape index (κ1) is 34.2. The smallest absolute Gasteiger partial charge is 0.312 e. The van der Waals surface area contributed by atoms with E-state index in [0.29, 0.717) is 42.0 Å². The number of carbonyl (C=O) groups is 3. The number of likely N-dealkylation sites (tertiary alicyclic amines) is 1. The first-order chi connectivity index (χ1) is 21.5. The second-order valence-electron chi connectivity index (χ2n) is 14.0. The van der Waals surface area contributed by atoms with E-state index in [0.717, 1.165) is 17.9 Å². The Morgan fingerprint density at radius 2 is 1.96 bits per heavy atom. The molecule has 2 aliphatic carbocycles. The topological polar surface area (TPSA) is 152 Å². The molecule has 2 aliphatic heterocycles. The molecular weight excluding hydrogens is 623 g/mol. The molecule has 4 aliphatic rings. The van der Waals surface area contributed by atoms with Crippen LogP contribution in [0.1, 0.15) is 62.6 Å². The Hall–Kier alpha value is -3.10. The fraction of sp³-hybridized carbons (Fsp3) is 0.645. The minimum absolute atomic E-state index is 0.0127. The lowest BCUT2D eigenvalue weighted by molar-refractivity contribution is -0.169. The third kappa shape index (κ3) is 6.40. The monoisotopic (exact) mass is 665 g/mol. The normalized spacial score (nSPS) is 29.0. The van der Waals surface area contributed by atoms with Gasteiger partial charge in [-0.15, -0.1) is 0 Å². The molecule has 5 N–H and O–H groups in total. The van der Waals surface area contributed by atoms with E-state index < -0.39 is 47.6 Å². The van der Waals surface area contributed by atoms with Crippen LogP contribution in [0, 0.1) is 16.7 Å². The molecule has 2 heterocycles. The van der Waals surface area contributed by atoms with Crippen molar-refractivity contribution in [3.05, 3.63) is 39.7 Å². The summed E-state index contributed by atoms with van der Waals surface area (Å²) in [7, 11) is 4.19. The van der Waals surface area contributed by atoms with E-state index >= 15 is 0 Å². The van der Waals surface area contributed by atoms with Gasteiger partial charge in [0.05, 0.1) is 30.2 Å². The highest BCUT2D eigenvalue weighted by Gasteiger charge is 2.56. The van der Waals surface area contributed by atoms with E-state index in [-0.39, 0.29) is 54.6 Å². The number of hydrogen-bond donors (Lipinski definition) is 3. The van der Waals surface area contributed by atoms with Gasteiger partial charge in [-0.2, -0.15) is 0 Å². The molecule has 5 rings (SSSR count). The summed E-state index contributed by atoms with van der Waals surface area (Å²) in [4.78, 5) is 44.5. The molecule has 46 heavy (non-hydrogen) atoms. The molecule has 252 valence electrons. The fourth-order valence-corrected chi connectivity index (χ4v) is 7.74. The van der Waals surface area contributed by atoms with Crippen LogP contribution in [0.15, 0.2) is 23.5 Å². The van der Waals surface area contributed by atoms with Gasteiger partial charge in [0.2, 0.25) is 11.8 Å². The summed E-state index contributed by atoms with van der Waals surface area (Å²) in [5.74, 6) is 4.06. The number of allylic oxidation sites excluding steroid dienone is 1. The Kier molecular flexibility index (Phi) is 9.30. The number of alkyl halides is 2. The Labute approximate surface area is 273 Å². The molecule has 3 unspecified atom stereocenters. The number of amides is 2. The molecule has 0 bridgehead atoms. The first-order valence-corrected chi connectivity index (χ1v) is 16.0. The molecule has 2 amide bonds. The van der Waals surface area contributed by atoms with Gasteiger partial charge in [-0.25, -0.2) is 14.6 Å². The minimum atomic E-state index is -2.94. The van der Waals surface area contributed by atoms with Crippen molar-refractivity contribution in [2.24, 2.45) is 28.3 Å². The number of benzene rings is 1. The molecule has 1 aromatic carbocycles. The van der Waals surface area contributed by atoms with Crippen LogP contribution in [0.5, 0.6) is 5.75 Å². The van der Waals surface area contributed by atoms with Crippen LogP contribution in [-0.2, 0) is 25.5 Å². The van der Waals surface area contributed by atoms with Gasteiger partial charge in [-0.3, -0.25) is 14.4 Å². The average Bonchev–Trinajstić information content (AvgIpc) is 3.67. The van der Waals surface area contributed by atoms with Crippen LogP contribution in [0.25, 0.3) is 0 Å². The summed E-state index contributed by atoms with van der Waals surface area (Å²) in [5, 5.41) is 12.2. The van der Waals surface area contributed by atoms with Crippen molar-refractivity contribution in [3.63, 3.8) is 0 Å². The number of aliphatic hydroxyl groups is 1. The summed E-state index contributed by atoms with van der Waals surface area (Å²) in [5.41, 5.74) is 4.00. The number of hydrazine groups is 1. The Morgan fingerprint density at radius 3 is 2.54 bits per heavy atom. The highest BCUT2D eigenvalue weighted by molar-refractivity contribution is 6.31. The van der Waals surface area contributed by atoms with Gasteiger partial charge < -0.3 is 35.1 Å². The maximum absolute atomic E-state index is 14.7. The highest BCUT2D eigenvalue weighted by Crippen LogP contribution is 2.54. The molecule has 3 fully saturated rings. The number of fused-ring (bicyclic) bond motifs is 1. The molecule has 0 aromatic heterocycles. The maximum Gasteiger partial charge on any atom is 0.312 e. The Morgan fingerprint density at radius 1 is 1.26 bits per heavy atom. The van der Waals surface area contributed by atoms with Gasteiger partial charge in [-0.1, -0.05) is 11.6 Å². The van der Waals surface area contributed by atoms with Crippen LogP contribution in [-0.4, -0.2) is 97.9 Å². The lowest BCUT2D eigenvalue weighted by Crippen LogP contribution is -2.56. The Balaban J connectivity index is 1.56. The van der Waals surface area contributed by atoms with Crippen molar-refractivity contribution in [3.8, 4) is 5.75 Å². The second-order valence-corrected chi connectivity index (χ2v) is 14.4. The van der Waals surface area contributed by atoms with Crippen molar-refractivity contribution in [1.82, 2.24) is 14.8 Å². The Bertz CT molecular complexity index is 1430. The number of nitrogens with zero attached hydrogens (tertiary/aromatic N) is 3. The number of halogens is 3. The summed E-state index contributed by atoms with van der Waals surface area (Å²) in [6.45, 7) is 2.21. The molecule has 1 saturated heterocycles. The van der Waals surface area contributed by atoms with E-state index in [1.165, 1.54) is 14.2 Å². The zero-order valence-corrected chi connectivity index (χ0v) is 27.5.